The SMILES string of the molecule is CC1(c2cc3c(cc2Br)OC2(CCC2)O3)CCCN1. The Bertz CT molecular complexity index is 533. The number of ether oxygens (including phenoxy) is 2. The molecule has 1 aliphatic carbocycles. The molecule has 1 aromatic carbocycles. The predicted octanol–water partition coefficient (Wildman–Crippen LogP) is 3.70. The van der Waals surface area contributed by atoms with Gasteiger partial charge >= 0.3 is 0 Å². The van der Waals surface area contributed by atoms with Gasteiger partial charge in [0.1, 0.15) is 0 Å². The summed E-state index contributed by atoms with van der Waals surface area (Å²) in [4.78, 5) is 0. The number of fused-ring (bicyclic) bond motifs is 1. The van der Waals surface area contributed by atoms with Crippen LogP contribution in [0.15, 0.2) is 16.6 Å². The van der Waals surface area contributed by atoms with Gasteiger partial charge in [0.2, 0.25) is 0 Å². The van der Waals surface area contributed by atoms with E-state index in [2.05, 4.69) is 40.3 Å². The van der Waals surface area contributed by atoms with Gasteiger partial charge in [0.25, 0.3) is 5.79 Å². The number of hydrogen-bond acceptors (Lipinski definition) is 3. The van der Waals surface area contributed by atoms with E-state index in [-0.39, 0.29) is 11.3 Å². The van der Waals surface area contributed by atoms with Gasteiger partial charge in [-0.25, -0.2) is 0 Å². The van der Waals surface area contributed by atoms with Crippen LogP contribution >= 0.6 is 15.9 Å². The first-order valence-corrected chi connectivity index (χ1v) is 7.87. The third-order valence-corrected chi connectivity index (χ3v) is 5.36. The van der Waals surface area contributed by atoms with Crippen molar-refractivity contribution in [1.82, 2.24) is 5.32 Å². The molecule has 1 atom stereocenters. The second-order valence-corrected chi connectivity index (χ2v) is 6.96. The summed E-state index contributed by atoms with van der Waals surface area (Å²) in [6, 6.07) is 4.23. The Morgan fingerprint density at radius 3 is 2.42 bits per heavy atom. The number of nitrogens with one attached hydrogen (secondary N) is 1. The van der Waals surface area contributed by atoms with E-state index >= 15 is 0 Å². The average molecular weight is 324 g/mol. The van der Waals surface area contributed by atoms with Gasteiger partial charge in [-0.3, -0.25) is 0 Å². The van der Waals surface area contributed by atoms with Gasteiger partial charge in [-0.15, -0.1) is 0 Å². The lowest BCUT2D eigenvalue weighted by Gasteiger charge is -2.35. The largest absolute Gasteiger partial charge is 0.448 e. The van der Waals surface area contributed by atoms with Crippen LogP contribution in [0.4, 0.5) is 0 Å². The standard InChI is InChI=1S/C15H18BrNO2/c1-14(4-3-7-17-14)10-8-12-13(9-11(10)16)19-15(18-12)5-2-6-15/h8-9,17H,2-7H2,1H3. The molecular weight excluding hydrogens is 306 g/mol. The fraction of sp³-hybridized carbons (Fsp3) is 0.600. The van der Waals surface area contributed by atoms with E-state index in [9.17, 15) is 0 Å². The van der Waals surface area contributed by atoms with Crippen LogP contribution in [-0.2, 0) is 5.54 Å². The Morgan fingerprint density at radius 2 is 1.84 bits per heavy atom. The van der Waals surface area contributed by atoms with E-state index in [0.29, 0.717) is 0 Å². The molecule has 2 aliphatic heterocycles. The quantitative estimate of drug-likeness (QED) is 0.854. The van der Waals surface area contributed by atoms with Gasteiger partial charge in [-0.2, -0.15) is 0 Å². The van der Waals surface area contributed by atoms with E-state index < -0.39 is 0 Å². The Labute approximate surface area is 121 Å². The summed E-state index contributed by atoms with van der Waals surface area (Å²) in [5.41, 5.74) is 1.33. The lowest BCUT2D eigenvalue weighted by molar-refractivity contribution is -0.138. The molecule has 1 saturated carbocycles. The van der Waals surface area contributed by atoms with Gasteiger partial charge in [0, 0.05) is 22.9 Å². The van der Waals surface area contributed by atoms with Crippen molar-refractivity contribution in [3.63, 3.8) is 0 Å². The molecule has 19 heavy (non-hydrogen) atoms. The Kier molecular flexibility index (Phi) is 2.46. The van der Waals surface area contributed by atoms with E-state index in [0.717, 1.165) is 41.8 Å². The molecule has 1 spiro atoms. The molecule has 0 amide bonds. The van der Waals surface area contributed by atoms with Gasteiger partial charge in [-0.1, -0.05) is 15.9 Å². The molecule has 102 valence electrons. The maximum absolute atomic E-state index is 6.06. The molecule has 2 heterocycles. The number of hydrogen-bond donors (Lipinski definition) is 1. The number of rotatable bonds is 1. The Balaban J connectivity index is 1.73. The van der Waals surface area contributed by atoms with E-state index in [4.69, 9.17) is 9.47 Å². The topological polar surface area (TPSA) is 30.5 Å². The first-order valence-electron chi connectivity index (χ1n) is 7.07. The molecule has 0 aromatic heterocycles. The Morgan fingerprint density at radius 1 is 1.11 bits per heavy atom. The van der Waals surface area contributed by atoms with Crippen LogP contribution in [0.3, 0.4) is 0 Å². The smallest absolute Gasteiger partial charge is 0.251 e. The lowest BCUT2D eigenvalue weighted by atomic mass is 9.90. The molecule has 1 unspecified atom stereocenters. The van der Waals surface area contributed by atoms with Crippen LogP contribution in [0.5, 0.6) is 11.5 Å². The van der Waals surface area contributed by atoms with E-state index in [1.54, 1.807) is 0 Å². The van der Waals surface area contributed by atoms with Crippen LogP contribution in [0.25, 0.3) is 0 Å². The summed E-state index contributed by atoms with van der Waals surface area (Å²) < 4.78 is 13.2. The van der Waals surface area contributed by atoms with Crippen molar-refractivity contribution in [1.29, 1.82) is 0 Å². The second-order valence-electron chi connectivity index (χ2n) is 6.11. The minimum Gasteiger partial charge on any atom is -0.448 e. The van der Waals surface area contributed by atoms with Gasteiger partial charge in [-0.05, 0) is 50.4 Å². The highest BCUT2D eigenvalue weighted by Gasteiger charge is 2.48. The van der Waals surface area contributed by atoms with Gasteiger partial charge in [0.05, 0.1) is 0 Å². The van der Waals surface area contributed by atoms with Crippen molar-refractivity contribution < 1.29 is 9.47 Å². The third-order valence-electron chi connectivity index (χ3n) is 4.70. The summed E-state index contributed by atoms with van der Waals surface area (Å²) in [5, 5.41) is 3.60. The molecule has 2 fully saturated rings. The lowest BCUT2D eigenvalue weighted by Crippen LogP contribution is -2.45. The highest BCUT2D eigenvalue weighted by atomic mass is 79.9. The van der Waals surface area contributed by atoms with E-state index in [1.807, 2.05) is 0 Å². The van der Waals surface area contributed by atoms with Crippen LogP contribution in [0.1, 0.15) is 44.6 Å². The molecule has 1 N–H and O–H groups in total. The molecule has 1 aromatic rings. The molecule has 3 nitrogen and oxygen atoms in total. The van der Waals surface area contributed by atoms with Crippen molar-refractivity contribution in [3.8, 4) is 11.5 Å². The summed E-state index contributed by atoms with van der Waals surface area (Å²) >= 11 is 3.70. The van der Waals surface area contributed by atoms with E-state index in [1.165, 1.54) is 18.4 Å². The normalized spacial score (nSPS) is 30.6. The molecule has 4 rings (SSSR count). The number of halogens is 1. The minimum atomic E-state index is -0.343. The van der Waals surface area contributed by atoms with Crippen LogP contribution in [-0.4, -0.2) is 12.3 Å². The maximum Gasteiger partial charge on any atom is 0.251 e. The minimum absolute atomic E-state index is 0.0482. The van der Waals surface area contributed by atoms with Crippen LogP contribution in [0.2, 0.25) is 0 Å². The van der Waals surface area contributed by atoms with Crippen LogP contribution < -0.4 is 14.8 Å². The molecule has 0 radical (unpaired) electrons. The second kappa shape index (κ2) is 3.89. The molecule has 0 bridgehead atoms. The highest BCUT2D eigenvalue weighted by Crippen LogP contribution is 2.51. The van der Waals surface area contributed by atoms with Crippen molar-refractivity contribution >= 4 is 15.9 Å². The third kappa shape index (κ3) is 1.73. The zero-order valence-corrected chi connectivity index (χ0v) is 12.7. The molecule has 4 heteroatoms. The molecular formula is C15H18BrNO2. The maximum atomic E-state index is 6.06. The predicted molar refractivity (Wildman–Crippen MR) is 76.6 cm³/mol. The van der Waals surface area contributed by atoms with Crippen molar-refractivity contribution in [2.45, 2.75) is 50.4 Å². The van der Waals surface area contributed by atoms with Gasteiger partial charge < -0.3 is 14.8 Å². The average Bonchev–Trinajstić information content (AvgIpc) is 2.91. The zero-order chi connectivity index (χ0) is 13.1. The first-order chi connectivity index (χ1) is 9.10. The summed E-state index contributed by atoms with van der Waals surface area (Å²) in [6.07, 6.45) is 5.59. The van der Waals surface area contributed by atoms with Gasteiger partial charge in [0.15, 0.2) is 11.5 Å². The summed E-state index contributed by atoms with van der Waals surface area (Å²) in [6.45, 7) is 3.35. The monoisotopic (exact) mass is 323 g/mol. The first kappa shape index (κ1) is 12.0. The van der Waals surface area contributed by atoms with Crippen LogP contribution in [0, 0.1) is 0 Å². The summed E-state index contributed by atoms with van der Waals surface area (Å²) in [5.74, 6) is 1.45. The van der Waals surface area contributed by atoms with Crippen molar-refractivity contribution in [2.24, 2.45) is 0 Å². The summed E-state index contributed by atoms with van der Waals surface area (Å²) in [7, 11) is 0. The molecule has 1 saturated heterocycles. The van der Waals surface area contributed by atoms with Crippen molar-refractivity contribution in [2.75, 3.05) is 6.54 Å². The zero-order valence-electron chi connectivity index (χ0n) is 11.1. The molecule has 3 aliphatic rings. The number of benzene rings is 1. The van der Waals surface area contributed by atoms with Crippen molar-refractivity contribution in [3.05, 3.63) is 22.2 Å². The fourth-order valence-corrected chi connectivity index (χ4v) is 4.09. The highest BCUT2D eigenvalue weighted by molar-refractivity contribution is 9.10. The fourth-order valence-electron chi connectivity index (χ4n) is 3.33. The Hall–Kier alpha value is -0.740.